The lowest BCUT2D eigenvalue weighted by Gasteiger charge is -2.15. The Labute approximate surface area is 106 Å². The molecule has 2 N–H and O–H groups in total. The van der Waals surface area contributed by atoms with E-state index in [2.05, 4.69) is 25.9 Å². The van der Waals surface area contributed by atoms with Gasteiger partial charge in [0.1, 0.15) is 5.82 Å². The molecule has 0 saturated carbocycles. The Hall–Kier alpha value is -1.84. The summed E-state index contributed by atoms with van der Waals surface area (Å²) in [7, 11) is 0. The maximum Gasteiger partial charge on any atom is 0.123 e. The molecule has 0 aliphatic rings. The maximum atomic E-state index is 13.1. The van der Waals surface area contributed by atoms with Gasteiger partial charge in [-0.15, -0.1) is 0 Å². The minimum Gasteiger partial charge on any atom is -0.396 e. The third kappa shape index (κ3) is 2.23. The highest BCUT2D eigenvalue weighted by Gasteiger charge is 2.21. The van der Waals surface area contributed by atoms with Crippen molar-refractivity contribution in [1.82, 2.24) is 9.78 Å². The van der Waals surface area contributed by atoms with Gasteiger partial charge in [0.15, 0.2) is 0 Å². The SMILES string of the molecule is Cc1cc(F)ccc1-n1cc(N)c(C(C)(C)C)n1. The molecule has 0 fully saturated rings. The van der Waals surface area contributed by atoms with Crippen LogP contribution < -0.4 is 5.73 Å². The van der Waals surface area contributed by atoms with E-state index in [0.29, 0.717) is 5.69 Å². The number of hydrogen-bond acceptors (Lipinski definition) is 2. The Morgan fingerprint density at radius 1 is 1.28 bits per heavy atom. The van der Waals surface area contributed by atoms with Gasteiger partial charge in [0.2, 0.25) is 0 Å². The number of anilines is 1. The second-order valence-corrected chi connectivity index (χ2v) is 5.56. The zero-order valence-corrected chi connectivity index (χ0v) is 11.2. The number of nitrogen functional groups attached to an aromatic ring is 1. The molecule has 4 heteroatoms. The molecular formula is C14H18FN3. The summed E-state index contributed by atoms with van der Waals surface area (Å²) >= 11 is 0. The Kier molecular flexibility index (Phi) is 2.89. The summed E-state index contributed by atoms with van der Waals surface area (Å²) < 4.78 is 14.8. The molecular weight excluding hydrogens is 229 g/mol. The van der Waals surface area contributed by atoms with Crippen LogP contribution >= 0.6 is 0 Å². The van der Waals surface area contributed by atoms with Crippen molar-refractivity contribution in [2.24, 2.45) is 0 Å². The summed E-state index contributed by atoms with van der Waals surface area (Å²) in [6, 6.07) is 4.63. The first kappa shape index (κ1) is 12.6. The fourth-order valence-electron chi connectivity index (χ4n) is 1.97. The van der Waals surface area contributed by atoms with Gasteiger partial charge in [-0.1, -0.05) is 20.8 Å². The van der Waals surface area contributed by atoms with Crippen molar-refractivity contribution in [3.63, 3.8) is 0 Å². The van der Waals surface area contributed by atoms with Crippen LogP contribution in [0.3, 0.4) is 0 Å². The van der Waals surface area contributed by atoms with Crippen LogP contribution in [0, 0.1) is 12.7 Å². The van der Waals surface area contributed by atoms with Crippen LogP contribution in [0.15, 0.2) is 24.4 Å². The highest BCUT2D eigenvalue weighted by Crippen LogP contribution is 2.27. The molecule has 3 nitrogen and oxygen atoms in total. The summed E-state index contributed by atoms with van der Waals surface area (Å²) in [4.78, 5) is 0. The Morgan fingerprint density at radius 3 is 2.44 bits per heavy atom. The van der Waals surface area contributed by atoms with Gasteiger partial charge < -0.3 is 5.73 Å². The molecule has 1 heterocycles. The molecule has 2 aromatic rings. The average molecular weight is 247 g/mol. The van der Waals surface area contributed by atoms with E-state index in [1.807, 2.05) is 6.92 Å². The first-order valence-corrected chi connectivity index (χ1v) is 5.91. The van der Waals surface area contributed by atoms with Crippen molar-refractivity contribution in [2.75, 3.05) is 5.73 Å². The summed E-state index contributed by atoms with van der Waals surface area (Å²) in [5, 5.41) is 4.51. The molecule has 0 saturated heterocycles. The van der Waals surface area contributed by atoms with E-state index < -0.39 is 0 Å². The van der Waals surface area contributed by atoms with Crippen LogP contribution in [0.2, 0.25) is 0 Å². The normalized spacial score (nSPS) is 11.8. The Morgan fingerprint density at radius 2 is 1.94 bits per heavy atom. The second-order valence-electron chi connectivity index (χ2n) is 5.56. The van der Waals surface area contributed by atoms with E-state index in [-0.39, 0.29) is 11.2 Å². The average Bonchev–Trinajstić information content (AvgIpc) is 2.59. The van der Waals surface area contributed by atoms with Crippen molar-refractivity contribution < 1.29 is 4.39 Å². The third-order valence-corrected chi connectivity index (χ3v) is 2.86. The molecule has 1 aromatic carbocycles. The van der Waals surface area contributed by atoms with Crippen LogP contribution in [0.4, 0.5) is 10.1 Å². The summed E-state index contributed by atoms with van der Waals surface area (Å²) in [5.74, 6) is -0.243. The monoisotopic (exact) mass is 247 g/mol. The van der Waals surface area contributed by atoms with Crippen LogP contribution in [-0.4, -0.2) is 9.78 Å². The molecule has 0 aliphatic heterocycles. The number of nitrogens with zero attached hydrogens (tertiary/aromatic N) is 2. The molecule has 0 amide bonds. The van der Waals surface area contributed by atoms with Crippen LogP contribution in [0.5, 0.6) is 0 Å². The summed E-state index contributed by atoms with van der Waals surface area (Å²) in [6.07, 6.45) is 1.78. The van der Waals surface area contributed by atoms with Crippen molar-refractivity contribution >= 4 is 5.69 Å². The van der Waals surface area contributed by atoms with Crippen LogP contribution in [0.25, 0.3) is 5.69 Å². The van der Waals surface area contributed by atoms with Gasteiger partial charge in [-0.05, 0) is 30.7 Å². The van der Waals surface area contributed by atoms with E-state index in [1.165, 1.54) is 12.1 Å². The molecule has 0 radical (unpaired) electrons. The van der Waals surface area contributed by atoms with Crippen molar-refractivity contribution in [1.29, 1.82) is 0 Å². The van der Waals surface area contributed by atoms with E-state index >= 15 is 0 Å². The molecule has 2 rings (SSSR count). The highest BCUT2D eigenvalue weighted by molar-refractivity contribution is 5.49. The van der Waals surface area contributed by atoms with Gasteiger partial charge in [0, 0.05) is 5.41 Å². The Bertz CT molecular complexity index is 579. The molecule has 0 unspecified atom stereocenters. The molecule has 0 bridgehead atoms. The molecule has 96 valence electrons. The third-order valence-electron chi connectivity index (χ3n) is 2.86. The van der Waals surface area contributed by atoms with Gasteiger partial charge >= 0.3 is 0 Å². The molecule has 0 atom stereocenters. The molecule has 1 aromatic heterocycles. The number of hydrogen-bond donors (Lipinski definition) is 1. The van der Waals surface area contributed by atoms with Crippen molar-refractivity contribution in [2.45, 2.75) is 33.1 Å². The van der Waals surface area contributed by atoms with Crippen molar-refractivity contribution in [3.05, 3.63) is 41.5 Å². The fourth-order valence-corrected chi connectivity index (χ4v) is 1.97. The number of halogens is 1. The molecule has 0 spiro atoms. The number of rotatable bonds is 1. The van der Waals surface area contributed by atoms with E-state index in [4.69, 9.17) is 5.73 Å². The molecule has 0 aliphatic carbocycles. The second kappa shape index (κ2) is 4.12. The summed E-state index contributed by atoms with van der Waals surface area (Å²) in [6.45, 7) is 8.04. The lowest BCUT2D eigenvalue weighted by Crippen LogP contribution is -2.14. The number of aryl methyl sites for hydroxylation is 1. The summed E-state index contributed by atoms with van der Waals surface area (Å²) in [5.41, 5.74) is 9.07. The quantitative estimate of drug-likeness (QED) is 0.841. The number of aromatic nitrogens is 2. The predicted molar refractivity (Wildman–Crippen MR) is 71.4 cm³/mol. The smallest absolute Gasteiger partial charge is 0.123 e. The topological polar surface area (TPSA) is 43.8 Å². The largest absolute Gasteiger partial charge is 0.396 e. The molecule has 18 heavy (non-hydrogen) atoms. The lowest BCUT2D eigenvalue weighted by molar-refractivity contribution is 0.561. The van der Waals surface area contributed by atoms with E-state index in [9.17, 15) is 4.39 Å². The van der Waals surface area contributed by atoms with Gasteiger partial charge in [0.25, 0.3) is 0 Å². The predicted octanol–water partition coefficient (Wildman–Crippen LogP) is 3.20. The standard InChI is InChI=1S/C14H18FN3/c1-9-7-10(15)5-6-12(9)18-8-11(16)13(17-18)14(2,3)4/h5-8H,16H2,1-4H3. The van der Waals surface area contributed by atoms with Crippen LogP contribution in [0.1, 0.15) is 32.0 Å². The van der Waals surface area contributed by atoms with Gasteiger partial charge in [-0.3, -0.25) is 0 Å². The fraction of sp³-hybridized carbons (Fsp3) is 0.357. The minimum atomic E-state index is -0.243. The van der Waals surface area contributed by atoms with Gasteiger partial charge in [-0.2, -0.15) is 5.10 Å². The highest BCUT2D eigenvalue weighted by atomic mass is 19.1. The van der Waals surface area contributed by atoms with E-state index in [1.54, 1.807) is 16.9 Å². The van der Waals surface area contributed by atoms with Gasteiger partial charge in [0.05, 0.1) is 23.3 Å². The first-order valence-electron chi connectivity index (χ1n) is 5.91. The van der Waals surface area contributed by atoms with E-state index in [0.717, 1.165) is 16.9 Å². The first-order chi connectivity index (χ1) is 8.29. The zero-order valence-electron chi connectivity index (χ0n) is 11.2. The zero-order chi connectivity index (χ0) is 13.5. The number of benzene rings is 1. The lowest BCUT2D eigenvalue weighted by atomic mass is 9.92. The van der Waals surface area contributed by atoms with Crippen molar-refractivity contribution in [3.8, 4) is 5.69 Å². The maximum absolute atomic E-state index is 13.1. The minimum absolute atomic E-state index is 0.108. The Balaban J connectivity index is 2.53. The van der Waals surface area contributed by atoms with Crippen LogP contribution in [-0.2, 0) is 5.41 Å². The number of nitrogens with two attached hydrogens (primary N) is 1. The van der Waals surface area contributed by atoms with Gasteiger partial charge in [-0.25, -0.2) is 9.07 Å².